The van der Waals surface area contributed by atoms with Gasteiger partial charge in [-0.25, -0.2) is 0 Å². The molecule has 0 unspecified atom stereocenters. The van der Waals surface area contributed by atoms with Gasteiger partial charge in [-0.05, 0) is 29.8 Å². The Morgan fingerprint density at radius 1 is 1.19 bits per heavy atom. The molecule has 104 valence electrons. The van der Waals surface area contributed by atoms with E-state index in [1.807, 2.05) is 54.9 Å². The summed E-state index contributed by atoms with van der Waals surface area (Å²) in [7, 11) is 3.67. The van der Waals surface area contributed by atoms with Crippen molar-refractivity contribution in [3.63, 3.8) is 0 Å². The number of aromatic nitrogens is 2. The van der Waals surface area contributed by atoms with E-state index in [-0.39, 0.29) is 5.56 Å². The lowest BCUT2D eigenvalue weighted by atomic mass is 9.95. The van der Waals surface area contributed by atoms with Crippen molar-refractivity contribution in [3.8, 4) is 5.75 Å². The first-order valence-corrected chi connectivity index (χ1v) is 6.76. The first-order valence-electron chi connectivity index (χ1n) is 6.76. The number of rotatable bonds is 3. The highest BCUT2D eigenvalue weighted by atomic mass is 16.5. The van der Waals surface area contributed by atoms with Crippen LogP contribution in [0.2, 0.25) is 0 Å². The van der Waals surface area contributed by atoms with Crippen LogP contribution in [0, 0.1) is 0 Å². The minimum absolute atomic E-state index is 0.184. The SMILES string of the molecule is Bc1ccc2c(=O)ncn(Cc3ccc(OC)cc3)c2c1. The molecule has 1 aromatic heterocycles. The molecular weight excluding hydrogens is 263 g/mol. The van der Waals surface area contributed by atoms with Crippen LogP contribution in [0.1, 0.15) is 5.56 Å². The van der Waals surface area contributed by atoms with Crippen LogP contribution in [-0.2, 0) is 6.54 Å². The fourth-order valence-electron chi connectivity index (χ4n) is 2.37. The van der Waals surface area contributed by atoms with Crippen molar-refractivity contribution < 1.29 is 4.74 Å². The van der Waals surface area contributed by atoms with E-state index in [1.165, 1.54) is 0 Å². The molecule has 0 bridgehead atoms. The summed E-state index contributed by atoms with van der Waals surface area (Å²) in [5, 5.41) is 0.650. The number of fused-ring (bicyclic) bond motifs is 1. The van der Waals surface area contributed by atoms with E-state index in [0.29, 0.717) is 11.9 Å². The number of hydrogen-bond donors (Lipinski definition) is 0. The minimum Gasteiger partial charge on any atom is -0.497 e. The molecule has 5 heteroatoms. The maximum Gasteiger partial charge on any atom is 0.280 e. The topological polar surface area (TPSA) is 44.1 Å². The van der Waals surface area contributed by atoms with Gasteiger partial charge in [-0.2, -0.15) is 4.98 Å². The Labute approximate surface area is 123 Å². The van der Waals surface area contributed by atoms with Crippen LogP contribution in [0.5, 0.6) is 5.75 Å². The van der Waals surface area contributed by atoms with E-state index < -0.39 is 0 Å². The van der Waals surface area contributed by atoms with Gasteiger partial charge in [-0.15, -0.1) is 0 Å². The monoisotopic (exact) mass is 278 g/mol. The molecule has 0 aliphatic heterocycles. The molecule has 0 saturated carbocycles. The zero-order valence-electron chi connectivity index (χ0n) is 12.0. The summed E-state index contributed by atoms with van der Waals surface area (Å²) < 4.78 is 7.15. The third-order valence-electron chi connectivity index (χ3n) is 3.52. The smallest absolute Gasteiger partial charge is 0.280 e. The Kier molecular flexibility index (Phi) is 3.48. The van der Waals surface area contributed by atoms with Crippen LogP contribution < -0.4 is 15.8 Å². The van der Waals surface area contributed by atoms with E-state index in [9.17, 15) is 4.79 Å². The van der Waals surface area contributed by atoms with Crippen LogP contribution in [0.3, 0.4) is 0 Å². The molecule has 2 aromatic carbocycles. The van der Waals surface area contributed by atoms with Crippen LogP contribution >= 0.6 is 0 Å². The average Bonchev–Trinajstić information content (AvgIpc) is 2.51. The summed E-state index contributed by atoms with van der Waals surface area (Å²) in [4.78, 5) is 15.8. The Morgan fingerprint density at radius 2 is 1.95 bits per heavy atom. The van der Waals surface area contributed by atoms with E-state index in [4.69, 9.17) is 4.74 Å². The molecule has 0 amide bonds. The molecule has 0 N–H and O–H groups in total. The zero-order chi connectivity index (χ0) is 14.8. The van der Waals surface area contributed by atoms with E-state index in [2.05, 4.69) is 4.98 Å². The lowest BCUT2D eigenvalue weighted by Crippen LogP contribution is -2.15. The molecule has 0 atom stereocenters. The van der Waals surface area contributed by atoms with Gasteiger partial charge in [0.05, 0.1) is 24.3 Å². The molecule has 3 rings (SSSR count). The highest BCUT2D eigenvalue weighted by Gasteiger charge is 2.05. The van der Waals surface area contributed by atoms with Gasteiger partial charge in [0, 0.05) is 6.54 Å². The summed E-state index contributed by atoms with van der Waals surface area (Å²) in [5.74, 6) is 0.831. The second kappa shape index (κ2) is 5.44. The highest BCUT2D eigenvalue weighted by Crippen LogP contribution is 2.14. The third-order valence-corrected chi connectivity index (χ3v) is 3.52. The molecule has 3 aromatic rings. The van der Waals surface area contributed by atoms with Crippen molar-refractivity contribution in [3.05, 3.63) is 64.7 Å². The maximum atomic E-state index is 11.8. The Bertz CT molecular complexity index is 841. The van der Waals surface area contributed by atoms with Gasteiger partial charge in [-0.3, -0.25) is 4.79 Å². The zero-order valence-corrected chi connectivity index (χ0v) is 12.0. The predicted octanol–water partition coefficient (Wildman–Crippen LogP) is 0.712. The highest BCUT2D eigenvalue weighted by molar-refractivity contribution is 6.33. The van der Waals surface area contributed by atoms with Crippen molar-refractivity contribution >= 4 is 24.2 Å². The standard InChI is InChI=1S/C16H15BN2O2/c1-21-13-5-2-11(3-6-13)9-19-10-18-16(20)14-7-4-12(17)8-15(14)19/h2-8,10H,9,17H2,1H3. The predicted molar refractivity (Wildman–Crippen MR) is 86.3 cm³/mol. The third kappa shape index (κ3) is 2.67. The summed E-state index contributed by atoms with van der Waals surface area (Å²) in [6, 6.07) is 13.7. The van der Waals surface area contributed by atoms with Crippen molar-refractivity contribution in [2.45, 2.75) is 6.54 Å². The van der Waals surface area contributed by atoms with Crippen LogP contribution in [0.4, 0.5) is 0 Å². The van der Waals surface area contributed by atoms with Gasteiger partial charge < -0.3 is 9.30 Å². The summed E-state index contributed by atoms with van der Waals surface area (Å²) in [5.41, 5.74) is 2.97. The Balaban J connectivity index is 2.05. The molecule has 0 fully saturated rings. The van der Waals surface area contributed by atoms with Gasteiger partial charge in [0.1, 0.15) is 13.6 Å². The summed E-state index contributed by atoms with van der Waals surface area (Å²) in [6.07, 6.45) is 1.61. The molecule has 0 saturated heterocycles. The molecule has 0 aliphatic carbocycles. The Morgan fingerprint density at radius 3 is 2.67 bits per heavy atom. The number of methoxy groups -OCH3 is 1. The lowest BCUT2D eigenvalue weighted by molar-refractivity contribution is 0.414. The second-order valence-corrected chi connectivity index (χ2v) is 5.05. The van der Waals surface area contributed by atoms with Gasteiger partial charge in [0.15, 0.2) is 0 Å². The van der Waals surface area contributed by atoms with Crippen molar-refractivity contribution in [2.24, 2.45) is 0 Å². The van der Waals surface area contributed by atoms with E-state index in [1.54, 1.807) is 13.4 Å². The number of hydrogen-bond acceptors (Lipinski definition) is 3. The molecule has 4 nitrogen and oxygen atoms in total. The molecule has 0 radical (unpaired) electrons. The second-order valence-electron chi connectivity index (χ2n) is 5.05. The molecular formula is C16H15BN2O2. The van der Waals surface area contributed by atoms with Gasteiger partial charge in [-0.1, -0.05) is 23.7 Å². The first kappa shape index (κ1) is 13.4. The van der Waals surface area contributed by atoms with Crippen molar-refractivity contribution in [1.82, 2.24) is 9.55 Å². The fraction of sp³-hybridized carbons (Fsp3) is 0.125. The van der Waals surface area contributed by atoms with Gasteiger partial charge in [0.25, 0.3) is 5.56 Å². The van der Waals surface area contributed by atoms with Crippen LogP contribution in [0.15, 0.2) is 53.6 Å². The van der Waals surface area contributed by atoms with Crippen molar-refractivity contribution in [1.29, 1.82) is 0 Å². The fourth-order valence-corrected chi connectivity index (χ4v) is 2.37. The average molecular weight is 278 g/mol. The van der Waals surface area contributed by atoms with Gasteiger partial charge >= 0.3 is 0 Å². The van der Waals surface area contributed by atoms with Gasteiger partial charge in [0.2, 0.25) is 0 Å². The number of ether oxygens (including phenoxy) is 1. The number of benzene rings is 2. The summed E-state index contributed by atoms with van der Waals surface area (Å²) >= 11 is 0. The molecule has 21 heavy (non-hydrogen) atoms. The molecule has 0 aliphatic rings. The normalized spacial score (nSPS) is 10.7. The van der Waals surface area contributed by atoms with E-state index in [0.717, 1.165) is 22.3 Å². The first-order chi connectivity index (χ1) is 10.2. The summed E-state index contributed by atoms with van der Waals surface area (Å²) in [6.45, 7) is 0.664. The van der Waals surface area contributed by atoms with Crippen LogP contribution in [-0.4, -0.2) is 24.5 Å². The largest absolute Gasteiger partial charge is 0.497 e. The quantitative estimate of drug-likeness (QED) is 0.663. The number of nitrogens with zero attached hydrogens (tertiary/aromatic N) is 2. The van der Waals surface area contributed by atoms with Crippen LogP contribution in [0.25, 0.3) is 10.9 Å². The van der Waals surface area contributed by atoms with Crippen molar-refractivity contribution in [2.75, 3.05) is 7.11 Å². The Hall–Kier alpha value is -2.56. The minimum atomic E-state index is -0.184. The molecule has 1 heterocycles. The lowest BCUT2D eigenvalue weighted by Gasteiger charge is -2.11. The molecule has 0 spiro atoms. The maximum absolute atomic E-state index is 11.8. The van der Waals surface area contributed by atoms with E-state index >= 15 is 0 Å².